The molecule has 0 spiro atoms. The minimum Gasteiger partial charge on any atom is -0.488 e. The average Bonchev–Trinajstić information content (AvgIpc) is 3.26. The standard InChI is InChI=1S/C50H33N3O/c1-3-13-33(14-4-1)35-25-27-36(28-26-35)48-51-49(38-19-11-18-37(31-38)34-15-5-2-6-16-34)53-50(52-48)45-30-29-43(41-21-9-10-22-42(41)45)44-23-12-24-46-47(44)40-20-8-7-17-39(40)32-54-46/h1-31H,32H2. The molecule has 4 heteroatoms. The summed E-state index contributed by atoms with van der Waals surface area (Å²) >= 11 is 0. The van der Waals surface area contributed by atoms with E-state index in [-0.39, 0.29) is 0 Å². The van der Waals surface area contributed by atoms with Crippen LogP contribution < -0.4 is 4.74 Å². The van der Waals surface area contributed by atoms with Gasteiger partial charge >= 0.3 is 0 Å². The maximum Gasteiger partial charge on any atom is 0.164 e. The second-order valence-corrected chi connectivity index (χ2v) is 13.5. The van der Waals surface area contributed by atoms with Gasteiger partial charge in [0.05, 0.1) is 0 Å². The fraction of sp³-hybridized carbons (Fsp3) is 0.0200. The van der Waals surface area contributed by atoms with Crippen molar-refractivity contribution < 1.29 is 4.74 Å². The van der Waals surface area contributed by atoms with Gasteiger partial charge in [-0.15, -0.1) is 0 Å². The number of aromatic nitrogens is 3. The van der Waals surface area contributed by atoms with E-state index in [4.69, 9.17) is 19.7 Å². The van der Waals surface area contributed by atoms with Crippen LogP contribution in [0.2, 0.25) is 0 Å². The van der Waals surface area contributed by atoms with Crippen molar-refractivity contribution in [3.8, 4) is 84.4 Å². The quantitative estimate of drug-likeness (QED) is 0.174. The fourth-order valence-electron chi connectivity index (χ4n) is 7.59. The Morgan fingerprint density at radius 1 is 0.333 bits per heavy atom. The van der Waals surface area contributed by atoms with E-state index < -0.39 is 0 Å². The van der Waals surface area contributed by atoms with Gasteiger partial charge in [0, 0.05) is 22.3 Å². The normalized spacial score (nSPS) is 11.8. The van der Waals surface area contributed by atoms with Crippen LogP contribution in [0.5, 0.6) is 5.75 Å². The molecule has 4 nitrogen and oxygen atoms in total. The molecule has 0 saturated heterocycles. The van der Waals surface area contributed by atoms with Crippen molar-refractivity contribution in [2.24, 2.45) is 0 Å². The van der Waals surface area contributed by atoms with Gasteiger partial charge in [-0.1, -0.05) is 170 Å². The molecule has 0 atom stereocenters. The molecule has 1 aliphatic rings. The van der Waals surface area contributed by atoms with Crippen molar-refractivity contribution in [3.63, 3.8) is 0 Å². The van der Waals surface area contributed by atoms with Crippen LogP contribution in [0.25, 0.3) is 89.4 Å². The third-order valence-corrected chi connectivity index (χ3v) is 10.3. The summed E-state index contributed by atoms with van der Waals surface area (Å²) in [6.45, 7) is 0.569. The molecule has 0 unspecified atom stereocenters. The van der Waals surface area contributed by atoms with Crippen molar-refractivity contribution in [1.29, 1.82) is 0 Å². The summed E-state index contributed by atoms with van der Waals surface area (Å²) < 4.78 is 6.27. The van der Waals surface area contributed by atoms with Gasteiger partial charge < -0.3 is 4.74 Å². The summed E-state index contributed by atoms with van der Waals surface area (Å²) in [7, 11) is 0. The molecule has 10 rings (SSSR count). The lowest BCUT2D eigenvalue weighted by Crippen LogP contribution is -2.06. The summed E-state index contributed by atoms with van der Waals surface area (Å²) in [5, 5.41) is 2.19. The van der Waals surface area contributed by atoms with Crippen LogP contribution in [0.15, 0.2) is 188 Å². The number of hydrogen-bond acceptors (Lipinski definition) is 4. The predicted octanol–water partition coefficient (Wildman–Crippen LogP) is 12.6. The molecule has 254 valence electrons. The number of hydrogen-bond donors (Lipinski definition) is 0. The highest BCUT2D eigenvalue weighted by Crippen LogP contribution is 2.46. The minimum absolute atomic E-state index is 0.569. The summed E-state index contributed by atoms with van der Waals surface area (Å²) in [6.07, 6.45) is 0. The van der Waals surface area contributed by atoms with Crippen molar-refractivity contribution >= 4 is 10.8 Å². The smallest absolute Gasteiger partial charge is 0.164 e. The van der Waals surface area contributed by atoms with Crippen molar-refractivity contribution in [1.82, 2.24) is 15.0 Å². The third kappa shape index (κ3) is 5.71. The number of benzene rings is 8. The van der Waals surface area contributed by atoms with E-state index in [0.717, 1.165) is 66.6 Å². The van der Waals surface area contributed by atoms with Crippen LogP contribution in [0.3, 0.4) is 0 Å². The zero-order valence-electron chi connectivity index (χ0n) is 29.4. The monoisotopic (exact) mass is 691 g/mol. The molecule has 9 aromatic rings. The molecule has 1 aliphatic heterocycles. The van der Waals surface area contributed by atoms with Crippen molar-refractivity contribution in [3.05, 3.63) is 194 Å². The Morgan fingerprint density at radius 3 is 1.63 bits per heavy atom. The Balaban J connectivity index is 1.15. The average molecular weight is 692 g/mol. The highest BCUT2D eigenvalue weighted by atomic mass is 16.5. The van der Waals surface area contributed by atoms with E-state index in [9.17, 15) is 0 Å². The third-order valence-electron chi connectivity index (χ3n) is 10.3. The molecule has 0 fully saturated rings. The minimum atomic E-state index is 0.569. The highest BCUT2D eigenvalue weighted by molar-refractivity contribution is 6.07. The lowest BCUT2D eigenvalue weighted by Gasteiger charge is -2.24. The van der Waals surface area contributed by atoms with E-state index in [0.29, 0.717) is 24.1 Å². The number of ether oxygens (including phenoxy) is 1. The topological polar surface area (TPSA) is 47.9 Å². The molecular weight excluding hydrogens is 659 g/mol. The lowest BCUT2D eigenvalue weighted by molar-refractivity contribution is 0.302. The van der Waals surface area contributed by atoms with Crippen LogP contribution in [-0.4, -0.2) is 15.0 Å². The second-order valence-electron chi connectivity index (χ2n) is 13.5. The van der Waals surface area contributed by atoms with Gasteiger partial charge in [-0.2, -0.15) is 0 Å². The first-order valence-electron chi connectivity index (χ1n) is 18.2. The zero-order valence-corrected chi connectivity index (χ0v) is 29.4. The second kappa shape index (κ2) is 13.4. The van der Waals surface area contributed by atoms with Gasteiger partial charge in [0.25, 0.3) is 0 Å². The van der Waals surface area contributed by atoms with E-state index in [1.807, 2.05) is 12.1 Å². The summed E-state index contributed by atoms with van der Waals surface area (Å²) in [5.41, 5.74) is 13.2. The zero-order chi connectivity index (χ0) is 35.8. The van der Waals surface area contributed by atoms with Gasteiger partial charge in [0.1, 0.15) is 12.4 Å². The predicted molar refractivity (Wildman–Crippen MR) is 220 cm³/mol. The molecule has 0 saturated carbocycles. The first-order valence-corrected chi connectivity index (χ1v) is 18.2. The molecule has 1 aromatic heterocycles. The van der Waals surface area contributed by atoms with Gasteiger partial charge in [-0.25, -0.2) is 15.0 Å². The molecule has 2 heterocycles. The van der Waals surface area contributed by atoms with Crippen LogP contribution in [0.4, 0.5) is 0 Å². The van der Waals surface area contributed by atoms with Gasteiger partial charge in [-0.05, 0) is 73.5 Å². The number of rotatable bonds is 6. The highest BCUT2D eigenvalue weighted by Gasteiger charge is 2.23. The Labute approximate surface area is 314 Å². The molecule has 0 amide bonds. The Kier molecular flexibility index (Phi) is 7.85. The van der Waals surface area contributed by atoms with Gasteiger partial charge in [0.15, 0.2) is 17.5 Å². The summed E-state index contributed by atoms with van der Waals surface area (Å²) in [5.74, 6) is 2.78. The van der Waals surface area contributed by atoms with Crippen LogP contribution in [-0.2, 0) is 6.61 Å². The van der Waals surface area contributed by atoms with Crippen molar-refractivity contribution in [2.75, 3.05) is 0 Å². The van der Waals surface area contributed by atoms with E-state index in [1.165, 1.54) is 16.7 Å². The van der Waals surface area contributed by atoms with Gasteiger partial charge in [0.2, 0.25) is 0 Å². The summed E-state index contributed by atoms with van der Waals surface area (Å²) in [6, 6.07) is 65.5. The number of nitrogens with zero attached hydrogens (tertiary/aromatic N) is 3. The van der Waals surface area contributed by atoms with Crippen LogP contribution in [0, 0.1) is 0 Å². The molecule has 8 aromatic carbocycles. The first kappa shape index (κ1) is 31.6. The first-order chi connectivity index (χ1) is 26.8. The van der Waals surface area contributed by atoms with Crippen LogP contribution >= 0.6 is 0 Å². The molecule has 0 N–H and O–H groups in total. The molecule has 0 radical (unpaired) electrons. The fourth-order valence-corrected chi connectivity index (χ4v) is 7.59. The SMILES string of the molecule is c1ccc(-c2ccc(-c3nc(-c4cccc(-c5ccccc5)c4)nc(-c4ccc(-c5cccc6c5-c5ccccc5CO6)c5ccccc45)n3)cc2)cc1. The van der Waals surface area contributed by atoms with E-state index >= 15 is 0 Å². The lowest BCUT2D eigenvalue weighted by atomic mass is 9.87. The Bertz CT molecular complexity index is 2810. The summed E-state index contributed by atoms with van der Waals surface area (Å²) in [4.78, 5) is 15.5. The van der Waals surface area contributed by atoms with Gasteiger partial charge in [-0.3, -0.25) is 0 Å². The Hall–Kier alpha value is -7.17. The number of fused-ring (bicyclic) bond motifs is 4. The Morgan fingerprint density at radius 2 is 0.852 bits per heavy atom. The molecule has 0 bridgehead atoms. The van der Waals surface area contributed by atoms with Crippen LogP contribution in [0.1, 0.15) is 5.56 Å². The van der Waals surface area contributed by atoms with E-state index in [1.54, 1.807) is 0 Å². The molecular formula is C50H33N3O. The maximum atomic E-state index is 6.27. The van der Waals surface area contributed by atoms with E-state index in [2.05, 4.69) is 176 Å². The van der Waals surface area contributed by atoms with Crippen molar-refractivity contribution in [2.45, 2.75) is 6.61 Å². The maximum absolute atomic E-state index is 6.27. The molecule has 54 heavy (non-hydrogen) atoms. The largest absolute Gasteiger partial charge is 0.488 e. The molecule has 0 aliphatic carbocycles.